The Morgan fingerprint density at radius 1 is 0.667 bits per heavy atom. The minimum Gasteiger partial charge on any atom is -0.462 e. The van der Waals surface area contributed by atoms with E-state index in [1.165, 1.54) is 0 Å². The van der Waals surface area contributed by atoms with Crippen LogP contribution in [0.3, 0.4) is 0 Å². The highest BCUT2D eigenvalue weighted by atomic mass is 79.9. The molecule has 0 radical (unpaired) electrons. The van der Waals surface area contributed by atoms with Crippen molar-refractivity contribution in [1.29, 1.82) is 0 Å². The highest BCUT2D eigenvalue weighted by molar-refractivity contribution is 9.10. The first kappa shape index (κ1) is 29.3. The highest BCUT2D eigenvalue weighted by Crippen LogP contribution is 2.19. The fourth-order valence-corrected chi connectivity index (χ4v) is 3.24. The second-order valence-electron chi connectivity index (χ2n) is 7.55. The van der Waals surface area contributed by atoms with E-state index in [-0.39, 0.29) is 13.2 Å². The molecule has 0 bridgehead atoms. The van der Waals surface area contributed by atoms with Gasteiger partial charge in [-0.1, -0.05) is 45.7 Å². The van der Waals surface area contributed by atoms with Gasteiger partial charge in [-0.2, -0.15) is 0 Å². The Labute approximate surface area is 226 Å². The van der Waals surface area contributed by atoms with Crippen molar-refractivity contribution in [2.24, 2.45) is 11.8 Å². The van der Waals surface area contributed by atoms with Crippen LogP contribution in [0, 0.1) is 11.8 Å². The van der Waals surface area contributed by atoms with Crippen molar-refractivity contribution in [2.75, 3.05) is 13.2 Å². The number of rotatable bonds is 12. The van der Waals surface area contributed by atoms with Crippen LogP contribution in [0.5, 0.6) is 11.5 Å². The molecule has 0 fully saturated rings. The Hall–Kier alpha value is -2.98. The Balaban J connectivity index is 1.76. The molecule has 0 heterocycles. The summed E-state index contributed by atoms with van der Waals surface area (Å²) in [7, 11) is 0. The zero-order valence-electron chi connectivity index (χ0n) is 19.8. The summed E-state index contributed by atoms with van der Waals surface area (Å²) in [6.07, 6.45) is 2.58. The van der Waals surface area contributed by atoms with Crippen LogP contribution in [0.2, 0.25) is 0 Å². The van der Waals surface area contributed by atoms with E-state index in [0.717, 1.165) is 21.1 Å². The third kappa shape index (κ3) is 10.3. The normalized spacial score (nSPS) is 12.4. The van der Waals surface area contributed by atoms with Crippen molar-refractivity contribution in [3.8, 4) is 11.5 Å². The summed E-state index contributed by atoms with van der Waals surface area (Å²) in [5, 5.41) is 0. The minimum absolute atomic E-state index is 0.204. The van der Waals surface area contributed by atoms with Crippen molar-refractivity contribution < 1.29 is 38.1 Å². The van der Waals surface area contributed by atoms with Gasteiger partial charge in [0.05, 0.1) is 11.8 Å². The molecule has 2 rings (SSSR count). The lowest BCUT2D eigenvalue weighted by Gasteiger charge is -2.14. The van der Waals surface area contributed by atoms with Crippen molar-refractivity contribution in [3.63, 3.8) is 0 Å². The summed E-state index contributed by atoms with van der Waals surface area (Å²) >= 11 is 6.60. The van der Waals surface area contributed by atoms with Gasteiger partial charge in [-0.25, -0.2) is 9.59 Å². The Bertz CT molecular complexity index is 979. The third-order valence-corrected chi connectivity index (χ3v) is 5.98. The molecule has 2 aromatic carbocycles. The summed E-state index contributed by atoms with van der Waals surface area (Å²) in [6.45, 7) is 3.12. The van der Waals surface area contributed by atoms with Crippen LogP contribution in [0.4, 0.5) is 0 Å². The van der Waals surface area contributed by atoms with Gasteiger partial charge in [0.15, 0.2) is 0 Å². The lowest BCUT2D eigenvalue weighted by Crippen LogP contribution is -2.26. The van der Waals surface area contributed by atoms with Gasteiger partial charge in [0.1, 0.15) is 24.7 Å². The first-order chi connectivity index (χ1) is 17.2. The standard InChI is InChI=1S/C26H26Br2O8/c1-3-17(25(31)35-21-9-5-19(27)6-10-21)15-33-23(29)13-14-24(30)34-16-18(4-2)26(32)36-22-11-7-20(28)8-12-22/h5-14,17-18H,3-4,15-16H2,1-2H3/b14-13+. The predicted octanol–water partition coefficient (Wildman–Crippen LogP) is 5.42. The molecule has 2 aromatic rings. The molecule has 0 N–H and O–H groups in total. The molecule has 0 saturated carbocycles. The van der Waals surface area contributed by atoms with Crippen LogP contribution in [-0.4, -0.2) is 37.1 Å². The van der Waals surface area contributed by atoms with Gasteiger partial charge in [0.2, 0.25) is 0 Å². The van der Waals surface area contributed by atoms with E-state index in [2.05, 4.69) is 31.9 Å². The number of benzene rings is 2. The van der Waals surface area contributed by atoms with E-state index in [1.54, 1.807) is 62.4 Å². The fraction of sp³-hybridized carbons (Fsp3) is 0.308. The van der Waals surface area contributed by atoms with Crippen LogP contribution in [0.1, 0.15) is 26.7 Å². The largest absolute Gasteiger partial charge is 0.462 e. The average molecular weight is 626 g/mol. The molecule has 8 nitrogen and oxygen atoms in total. The molecule has 2 atom stereocenters. The molecule has 0 spiro atoms. The quantitative estimate of drug-likeness (QED) is 0.175. The Kier molecular flexibility index (Phi) is 12.4. The fourth-order valence-electron chi connectivity index (χ4n) is 2.71. The van der Waals surface area contributed by atoms with Crippen molar-refractivity contribution >= 4 is 55.7 Å². The summed E-state index contributed by atoms with van der Waals surface area (Å²) < 4.78 is 22.4. The molecule has 0 aliphatic rings. The van der Waals surface area contributed by atoms with Crippen molar-refractivity contribution in [1.82, 2.24) is 0 Å². The Morgan fingerprint density at radius 3 is 1.31 bits per heavy atom. The highest BCUT2D eigenvalue weighted by Gasteiger charge is 2.22. The SMILES string of the molecule is CCC(COC(=O)/C=C/C(=O)OCC(CC)C(=O)Oc1ccc(Br)cc1)C(=O)Oc1ccc(Br)cc1. The van der Waals surface area contributed by atoms with Crippen LogP contribution in [0.25, 0.3) is 0 Å². The number of halogens is 2. The maximum absolute atomic E-state index is 12.3. The summed E-state index contributed by atoms with van der Waals surface area (Å²) in [6, 6.07) is 13.5. The zero-order valence-corrected chi connectivity index (χ0v) is 23.0. The molecule has 0 saturated heterocycles. The predicted molar refractivity (Wildman–Crippen MR) is 138 cm³/mol. The van der Waals surface area contributed by atoms with E-state index in [9.17, 15) is 19.2 Å². The first-order valence-electron chi connectivity index (χ1n) is 11.2. The second-order valence-corrected chi connectivity index (χ2v) is 9.39. The number of esters is 4. The van der Waals surface area contributed by atoms with E-state index < -0.39 is 35.7 Å². The monoisotopic (exact) mass is 624 g/mol. The first-order valence-corrected chi connectivity index (χ1v) is 12.8. The van der Waals surface area contributed by atoms with Gasteiger partial charge in [-0.05, 0) is 61.4 Å². The van der Waals surface area contributed by atoms with Crippen LogP contribution >= 0.6 is 31.9 Å². The third-order valence-electron chi connectivity index (χ3n) is 4.93. The van der Waals surface area contributed by atoms with Gasteiger partial charge >= 0.3 is 23.9 Å². The molecule has 36 heavy (non-hydrogen) atoms. The van der Waals surface area contributed by atoms with Gasteiger partial charge in [-0.15, -0.1) is 0 Å². The summed E-state index contributed by atoms with van der Waals surface area (Å²) in [5.74, 6) is -3.27. The average Bonchev–Trinajstić information content (AvgIpc) is 2.86. The maximum atomic E-state index is 12.3. The minimum atomic E-state index is -0.816. The number of carbonyl (C=O) groups is 4. The second kappa shape index (κ2) is 15.2. The van der Waals surface area contributed by atoms with Crippen molar-refractivity contribution in [3.05, 3.63) is 69.6 Å². The van der Waals surface area contributed by atoms with E-state index in [1.807, 2.05) is 0 Å². The van der Waals surface area contributed by atoms with Crippen molar-refractivity contribution in [2.45, 2.75) is 26.7 Å². The molecule has 192 valence electrons. The van der Waals surface area contributed by atoms with Crippen LogP contribution in [-0.2, 0) is 28.7 Å². The molecule has 0 amide bonds. The molecular weight excluding hydrogens is 600 g/mol. The van der Waals surface area contributed by atoms with E-state index in [4.69, 9.17) is 18.9 Å². The Morgan fingerprint density at radius 2 is 1.00 bits per heavy atom. The molecule has 2 unspecified atom stereocenters. The van der Waals surface area contributed by atoms with Gasteiger partial charge in [0.25, 0.3) is 0 Å². The number of ether oxygens (including phenoxy) is 4. The topological polar surface area (TPSA) is 105 Å². The maximum Gasteiger partial charge on any atom is 0.331 e. The zero-order chi connectivity index (χ0) is 26.5. The smallest absolute Gasteiger partial charge is 0.331 e. The van der Waals surface area contributed by atoms with Crippen LogP contribution in [0.15, 0.2) is 69.6 Å². The molecule has 10 heteroatoms. The van der Waals surface area contributed by atoms with Gasteiger partial charge in [-0.3, -0.25) is 9.59 Å². The molecule has 0 aliphatic heterocycles. The van der Waals surface area contributed by atoms with E-state index in [0.29, 0.717) is 24.3 Å². The number of hydrogen-bond donors (Lipinski definition) is 0. The summed E-state index contributed by atoms with van der Waals surface area (Å²) in [4.78, 5) is 48.6. The van der Waals surface area contributed by atoms with Crippen LogP contribution < -0.4 is 9.47 Å². The number of hydrogen-bond acceptors (Lipinski definition) is 8. The molecular formula is C26H26Br2O8. The van der Waals surface area contributed by atoms with E-state index >= 15 is 0 Å². The number of carbonyl (C=O) groups excluding carboxylic acids is 4. The summed E-state index contributed by atoms with van der Waals surface area (Å²) in [5.41, 5.74) is 0. The molecule has 0 aromatic heterocycles. The lowest BCUT2D eigenvalue weighted by molar-refractivity contribution is -0.149. The lowest BCUT2D eigenvalue weighted by atomic mass is 10.1. The van der Waals surface area contributed by atoms with Gasteiger partial charge < -0.3 is 18.9 Å². The molecule has 0 aliphatic carbocycles. The van der Waals surface area contributed by atoms with Gasteiger partial charge in [0, 0.05) is 21.1 Å².